The molecule has 194 valence electrons. The maximum Gasteiger partial charge on any atom is 0.573 e. The van der Waals surface area contributed by atoms with Crippen LogP contribution in [-0.4, -0.2) is 40.8 Å². The number of nitrogens with one attached hydrogen (secondary N) is 1. The highest BCUT2D eigenvalue weighted by Crippen LogP contribution is 2.44. The summed E-state index contributed by atoms with van der Waals surface area (Å²) in [5.74, 6) is -5.92. The lowest BCUT2D eigenvalue weighted by Crippen LogP contribution is -2.49. The van der Waals surface area contributed by atoms with Crippen molar-refractivity contribution in [3.63, 3.8) is 0 Å². The fourth-order valence-corrected chi connectivity index (χ4v) is 4.17. The van der Waals surface area contributed by atoms with E-state index in [1.165, 1.54) is 48.8 Å². The third-order valence-corrected chi connectivity index (χ3v) is 5.52. The second-order valence-corrected chi connectivity index (χ2v) is 8.03. The maximum atomic E-state index is 13.8. The zero-order valence-corrected chi connectivity index (χ0v) is 18.5. The van der Waals surface area contributed by atoms with E-state index < -0.39 is 54.4 Å². The molecule has 2 heterocycles. The van der Waals surface area contributed by atoms with Gasteiger partial charge in [-0.25, -0.2) is 4.39 Å². The molecule has 4 rings (SSSR count). The molecule has 0 radical (unpaired) electrons. The first-order valence-corrected chi connectivity index (χ1v) is 10.6. The van der Waals surface area contributed by atoms with Crippen LogP contribution < -0.4 is 10.1 Å². The first-order chi connectivity index (χ1) is 17.3. The molecule has 0 fully saturated rings. The van der Waals surface area contributed by atoms with Crippen LogP contribution in [0.25, 0.3) is 0 Å². The van der Waals surface area contributed by atoms with Crippen LogP contribution in [0.5, 0.6) is 5.75 Å². The summed E-state index contributed by atoms with van der Waals surface area (Å²) < 4.78 is 95.9. The molecule has 0 spiro atoms. The van der Waals surface area contributed by atoms with Gasteiger partial charge in [-0.2, -0.15) is 13.2 Å². The maximum absolute atomic E-state index is 13.8. The molecular weight excluding hydrogens is 511 g/mol. The molecule has 2 atom stereocenters. The van der Waals surface area contributed by atoms with E-state index in [1.807, 2.05) is 0 Å². The Balaban J connectivity index is 1.79. The third kappa shape index (κ3) is 5.81. The zero-order valence-electron chi connectivity index (χ0n) is 18.5. The largest absolute Gasteiger partial charge is 0.573 e. The lowest BCUT2D eigenvalue weighted by molar-refractivity contribution is -0.275. The Bertz CT molecular complexity index is 1310. The van der Waals surface area contributed by atoms with Crippen LogP contribution in [0.15, 0.2) is 67.0 Å². The van der Waals surface area contributed by atoms with Gasteiger partial charge in [0.1, 0.15) is 6.54 Å². The molecule has 3 aromatic rings. The minimum absolute atomic E-state index is 0.103. The van der Waals surface area contributed by atoms with Gasteiger partial charge in [-0.05, 0) is 35.4 Å². The molecule has 13 heteroatoms. The Hall–Kier alpha value is -4.16. The second kappa shape index (κ2) is 9.71. The summed E-state index contributed by atoms with van der Waals surface area (Å²) >= 11 is 0. The van der Waals surface area contributed by atoms with E-state index in [-0.39, 0.29) is 22.4 Å². The van der Waals surface area contributed by atoms with Gasteiger partial charge in [-0.3, -0.25) is 14.6 Å². The molecule has 2 amide bonds. The van der Waals surface area contributed by atoms with Crippen LogP contribution in [0.1, 0.15) is 33.4 Å². The molecule has 1 aliphatic heterocycles. The van der Waals surface area contributed by atoms with Crippen LogP contribution in [0.4, 0.5) is 36.4 Å². The van der Waals surface area contributed by atoms with E-state index in [4.69, 9.17) is 0 Å². The summed E-state index contributed by atoms with van der Waals surface area (Å²) in [6.45, 7) is -1.68. The summed E-state index contributed by atoms with van der Waals surface area (Å²) in [7, 11) is 0. The minimum atomic E-state index is -5.21. The standard InChI is InChI=1S/C24H16F7N3O3/c25-17-8-7-14(10-18(17)37-24(29,30)31)33-21(35)19-15-5-1-2-6-16(15)22(36)34(12-23(26,27)28)20(19)13-4-3-9-32-11-13/h1-11,19-20H,12H2,(H,33,35)/t19-,20+/m0/s1. The zero-order chi connectivity index (χ0) is 27.0. The van der Waals surface area contributed by atoms with Crippen molar-refractivity contribution in [3.05, 3.63) is 89.5 Å². The van der Waals surface area contributed by atoms with E-state index >= 15 is 0 Å². The average molecular weight is 527 g/mol. The predicted octanol–water partition coefficient (Wildman–Crippen LogP) is 5.60. The number of pyridine rings is 1. The van der Waals surface area contributed by atoms with Crippen molar-refractivity contribution in [1.82, 2.24) is 9.88 Å². The van der Waals surface area contributed by atoms with Gasteiger partial charge in [0.15, 0.2) is 11.6 Å². The summed E-state index contributed by atoms with van der Waals surface area (Å²) in [5.41, 5.74) is -0.235. The highest BCUT2D eigenvalue weighted by Gasteiger charge is 2.48. The summed E-state index contributed by atoms with van der Waals surface area (Å²) in [5, 5.41) is 2.31. The first kappa shape index (κ1) is 25.9. The van der Waals surface area contributed by atoms with Crippen molar-refractivity contribution in [2.45, 2.75) is 24.5 Å². The van der Waals surface area contributed by atoms with Gasteiger partial charge in [-0.15, -0.1) is 13.2 Å². The first-order valence-electron chi connectivity index (χ1n) is 10.6. The number of hydrogen-bond donors (Lipinski definition) is 1. The summed E-state index contributed by atoms with van der Waals surface area (Å²) in [6, 6.07) is 9.10. The molecular formula is C24H16F7N3O3. The molecule has 6 nitrogen and oxygen atoms in total. The molecule has 2 aromatic carbocycles. The number of alkyl halides is 6. The highest BCUT2D eigenvalue weighted by atomic mass is 19.4. The van der Waals surface area contributed by atoms with E-state index in [2.05, 4.69) is 15.0 Å². The van der Waals surface area contributed by atoms with Crippen LogP contribution in [0.3, 0.4) is 0 Å². The number of carbonyl (C=O) groups is 2. The number of fused-ring (bicyclic) bond motifs is 1. The van der Waals surface area contributed by atoms with Crippen LogP contribution in [-0.2, 0) is 4.79 Å². The van der Waals surface area contributed by atoms with Crippen molar-refractivity contribution in [2.75, 3.05) is 11.9 Å². The lowest BCUT2D eigenvalue weighted by Gasteiger charge is -2.41. The molecule has 0 saturated heterocycles. The Labute approximate surface area is 204 Å². The van der Waals surface area contributed by atoms with E-state index in [1.54, 1.807) is 0 Å². The molecule has 0 aliphatic carbocycles. The van der Waals surface area contributed by atoms with Gasteiger partial charge in [0.2, 0.25) is 5.91 Å². The average Bonchev–Trinajstić information content (AvgIpc) is 2.81. The molecule has 1 aromatic heterocycles. The van der Waals surface area contributed by atoms with Crippen molar-refractivity contribution in [1.29, 1.82) is 0 Å². The third-order valence-electron chi connectivity index (χ3n) is 5.52. The monoisotopic (exact) mass is 527 g/mol. The Morgan fingerprint density at radius 1 is 1.03 bits per heavy atom. The number of ether oxygens (including phenoxy) is 1. The van der Waals surface area contributed by atoms with Gasteiger partial charge in [0, 0.05) is 29.7 Å². The number of aromatic nitrogens is 1. The SMILES string of the molecule is O=C(Nc1ccc(F)c(OC(F)(F)F)c1)[C@H]1c2ccccc2C(=O)N(CC(F)(F)F)[C@@H]1c1cccnc1. The number of carbonyl (C=O) groups excluding carboxylic acids is 2. The smallest absolute Gasteiger partial charge is 0.403 e. The molecule has 0 saturated carbocycles. The lowest BCUT2D eigenvalue weighted by atomic mass is 9.79. The number of amides is 2. The van der Waals surface area contributed by atoms with Crippen LogP contribution in [0.2, 0.25) is 0 Å². The Morgan fingerprint density at radius 2 is 1.76 bits per heavy atom. The van der Waals surface area contributed by atoms with Gasteiger partial charge in [0.25, 0.3) is 5.91 Å². The van der Waals surface area contributed by atoms with E-state index in [9.17, 15) is 40.3 Å². The van der Waals surface area contributed by atoms with Crippen molar-refractivity contribution in [2.24, 2.45) is 0 Å². The topological polar surface area (TPSA) is 71.5 Å². The van der Waals surface area contributed by atoms with Crippen LogP contribution >= 0.6 is 0 Å². The number of rotatable bonds is 5. The highest BCUT2D eigenvalue weighted by molar-refractivity contribution is 6.04. The predicted molar refractivity (Wildman–Crippen MR) is 115 cm³/mol. The minimum Gasteiger partial charge on any atom is -0.403 e. The van der Waals surface area contributed by atoms with E-state index in [0.717, 1.165) is 6.07 Å². The fraction of sp³-hybridized carbons (Fsp3) is 0.208. The molecule has 1 N–H and O–H groups in total. The number of anilines is 1. The van der Waals surface area contributed by atoms with Crippen molar-refractivity contribution >= 4 is 17.5 Å². The molecule has 0 unspecified atom stereocenters. The van der Waals surface area contributed by atoms with E-state index in [0.29, 0.717) is 17.0 Å². The summed E-state index contributed by atoms with van der Waals surface area (Å²) in [6.07, 6.45) is -7.46. The number of hydrogen-bond acceptors (Lipinski definition) is 4. The van der Waals surface area contributed by atoms with Crippen LogP contribution in [0, 0.1) is 5.82 Å². The Kier molecular flexibility index (Phi) is 6.80. The Morgan fingerprint density at radius 3 is 2.41 bits per heavy atom. The van der Waals surface area contributed by atoms with Gasteiger partial charge >= 0.3 is 12.5 Å². The number of nitrogens with zero attached hydrogens (tertiary/aromatic N) is 2. The molecule has 37 heavy (non-hydrogen) atoms. The van der Waals surface area contributed by atoms with Crippen molar-refractivity contribution in [3.8, 4) is 5.75 Å². The normalized spacial score (nSPS) is 17.8. The van der Waals surface area contributed by atoms with Gasteiger partial charge in [-0.1, -0.05) is 24.3 Å². The number of halogens is 7. The number of benzene rings is 2. The second-order valence-electron chi connectivity index (χ2n) is 8.03. The van der Waals surface area contributed by atoms with Gasteiger partial charge in [0.05, 0.1) is 12.0 Å². The van der Waals surface area contributed by atoms with Gasteiger partial charge < -0.3 is 15.0 Å². The summed E-state index contributed by atoms with van der Waals surface area (Å²) in [4.78, 5) is 31.0. The molecule has 1 aliphatic rings. The molecule has 0 bridgehead atoms. The fourth-order valence-electron chi connectivity index (χ4n) is 4.17. The quantitative estimate of drug-likeness (QED) is 0.439. The van der Waals surface area contributed by atoms with Crippen molar-refractivity contribution < 1.29 is 45.1 Å².